The molecular formula is C4H6Br2. The van der Waals surface area contributed by atoms with Gasteiger partial charge in [-0.15, -0.1) is 0 Å². The molecule has 0 N–H and O–H groups in total. The summed E-state index contributed by atoms with van der Waals surface area (Å²) in [5.41, 5.74) is 1.18. The number of halogens is 2. The molecule has 0 spiro atoms. The van der Waals surface area contributed by atoms with Crippen molar-refractivity contribution in [1.82, 2.24) is 0 Å². The van der Waals surface area contributed by atoms with Crippen molar-refractivity contribution in [3.8, 4) is 0 Å². The molecule has 0 amide bonds. The van der Waals surface area contributed by atoms with Crippen LogP contribution in [0.4, 0.5) is 0 Å². The summed E-state index contributed by atoms with van der Waals surface area (Å²) < 4.78 is 0. The molecule has 0 aromatic heterocycles. The van der Waals surface area contributed by atoms with Crippen LogP contribution in [0.25, 0.3) is 0 Å². The Labute approximate surface area is 54.9 Å². The zero-order chi connectivity index (χ0) is 4.99. The van der Waals surface area contributed by atoms with E-state index in [0.29, 0.717) is 0 Å². The van der Waals surface area contributed by atoms with Gasteiger partial charge in [-0.05, 0) is 0 Å². The molecule has 0 fully saturated rings. The Balaban J connectivity index is 2.99. The van der Waals surface area contributed by atoms with Gasteiger partial charge in [-0.25, -0.2) is 0 Å². The van der Waals surface area contributed by atoms with Gasteiger partial charge in [0.05, 0.1) is 0 Å². The van der Waals surface area contributed by atoms with Crippen LogP contribution >= 0.6 is 31.9 Å². The van der Waals surface area contributed by atoms with E-state index in [0.717, 1.165) is 10.7 Å². The van der Waals surface area contributed by atoms with Gasteiger partial charge in [0.25, 0.3) is 0 Å². The Bertz CT molecular complexity index is 43.5. The van der Waals surface area contributed by atoms with E-state index in [1.54, 1.807) is 0 Å². The van der Waals surface area contributed by atoms with Crippen molar-refractivity contribution in [2.45, 2.75) is 0 Å². The highest BCUT2D eigenvalue weighted by Crippen LogP contribution is 1.98. The van der Waals surface area contributed by atoms with E-state index >= 15 is 0 Å². The fourth-order valence-corrected chi connectivity index (χ4v) is 0.964. The maximum atomic E-state index is 3.70. The first-order valence-electron chi connectivity index (χ1n) is 1.60. The second-order valence-corrected chi connectivity index (χ2v) is 2.14. The number of alkyl halides is 2. The first-order chi connectivity index (χ1) is 2.81. The molecule has 0 bridgehead atoms. The normalized spacial score (nSPS) is 8.33. The lowest BCUT2D eigenvalue weighted by atomic mass is 10.4. The quantitative estimate of drug-likeness (QED) is 0.488. The fourth-order valence-electron chi connectivity index (χ4n) is 0.0357. The average Bonchev–Trinajstić information content (AvgIpc) is 1.65. The predicted molar refractivity (Wildman–Crippen MR) is 36.7 cm³/mol. The van der Waals surface area contributed by atoms with Crippen LogP contribution in [0.3, 0.4) is 0 Å². The van der Waals surface area contributed by atoms with Crippen molar-refractivity contribution in [3.05, 3.63) is 12.2 Å². The van der Waals surface area contributed by atoms with Crippen molar-refractivity contribution in [2.75, 3.05) is 10.7 Å². The summed E-state index contributed by atoms with van der Waals surface area (Å²) in [7, 11) is 0. The Hall–Kier alpha value is 0.700. The van der Waals surface area contributed by atoms with Crippen LogP contribution in [0.15, 0.2) is 12.2 Å². The smallest absolute Gasteiger partial charge is 0.0247 e. The van der Waals surface area contributed by atoms with E-state index in [2.05, 4.69) is 38.4 Å². The maximum Gasteiger partial charge on any atom is 0.0247 e. The molecule has 0 nitrogen and oxygen atoms in total. The van der Waals surface area contributed by atoms with Crippen LogP contribution in [-0.4, -0.2) is 10.7 Å². The van der Waals surface area contributed by atoms with Gasteiger partial charge in [0.15, 0.2) is 0 Å². The molecule has 0 heterocycles. The number of hydrogen-bond acceptors (Lipinski definition) is 0. The molecule has 0 rings (SSSR count). The Morgan fingerprint density at radius 1 is 1.33 bits per heavy atom. The third kappa shape index (κ3) is 2.91. The van der Waals surface area contributed by atoms with Crippen LogP contribution in [0.2, 0.25) is 0 Å². The third-order valence-electron chi connectivity index (χ3n) is 0.378. The summed E-state index contributed by atoms with van der Waals surface area (Å²) in [5, 5.41) is 1.80. The highest BCUT2D eigenvalue weighted by atomic mass is 79.9. The predicted octanol–water partition coefficient (Wildman–Crippen LogP) is 2.33. The van der Waals surface area contributed by atoms with Crippen LogP contribution in [0.5, 0.6) is 0 Å². The summed E-state index contributed by atoms with van der Waals surface area (Å²) in [5.74, 6) is 0. The van der Waals surface area contributed by atoms with E-state index in [-0.39, 0.29) is 0 Å². The fraction of sp³-hybridized carbons (Fsp3) is 0.500. The molecule has 0 aliphatic rings. The van der Waals surface area contributed by atoms with Crippen molar-refractivity contribution in [1.29, 1.82) is 0 Å². The van der Waals surface area contributed by atoms with Gasteiger partial charge < -0.3 is 0 Å². The van der Waals surface area contributed by atoms with Crippen molar-refractivity contribution >= 4 is 31.9 Å². The van der Waals surface area contributed by atoms with Gasteiger partial charge in [0.1, 0.15) is 0 Å². The van der Waals surface area contributed by atoms with Crippen LogP contribution in [-0.2, 0) is 0 Å². The van der Waals surface area contributed by atoms with Gasteiger partial charge in [-0.3, -0.25) is 0 Å². The molecule has 0 unspecified atom stereocenters. The van der Waals surface area contributed by atoms with E-state index in [1.165, 1.54) is 5.57 Å². The molecular weight excluding hydrogens is 208 g/mol. The summed E-state index contributed by atoms with van der Waals surface area (Å²) in [4.78, 5) is 0. The van der Waals surface area contributed by atoms with Crippen molar-refractivity contribution in [2.24, 2.45) is 0 Å². The molecule has 0 radical (unpaired) electrons. The Morgan fingerprint density at radius 3 is 1.67 bits per heavy atom. The molecule has 0 saturated carbocycles. The van der Waals surface area contributed by atoms with E-state index < -0.39 is 0 Å². The standard InChI is InChI=1S/C4H6Br2/c1-4(2-5)3-6/h1-3H2. The number of rotatable bonds is 2. The lowest BCUT2D eigenvalue weighted by Gasteiger charge is -1.86. The van der Waals surface area contributed by atoms with Gasteiger partial charge in [0.2, 0.25) is 0 Å². The lowest BCUT2D eigenvalue weighted by molar-refractivity contribution is 1.49. The van der Waals surface area contributed by atoms with E-state index in [1.807, 2.05) is 0 Å². The largest absolute Gasteiger partial charge is 0.0982 e. The van der Waals surface area contributed by atoms with Crippen molar-refractivity contribution < 1.29 is 0 Å². The second-order valence-electron chi connectivity index (χ2n) is 1.02. The number of allylic oxidation sites excluding steroid dienone is 1. The topological polar surface area (TPSA) is 0 Å². The maximum absolute atomic E-state index is 3.70. The first kappa shape index (κ1) is 6.70. The summed E-state index contributed by atoms with van der Waals surface area (Å²) in [6.07, 6.45) is 0. The summed E-state index contributed by atoms with van der Waals surface area (Å²) in [6.45, 7) is 3.70. The zero-order valence-corrected chi connectivity index (χ0v) is 6.55. The lowest BCUT2D eigenvalue weighted by Crippen LogP contribution is -1.78. The van der Waals surface area contributed by atoms with Crippen LogP contribution in [0, 0.1) is 0 Å². The van der Waals surface area contributed by atoms with Crippen LogP contribution < -0.4 is 0 Å². The van der Waals surface area contributed by atoms with E-state index in [9.17, 15) is 0 Å². The van der Waals surface area contributed by atoms with Gasteiger partial charge in [0, 0.05) is 10.7 Å². The minimum absolute atomic E-state index is 0.901. The van der Waals surface area contributed by atoms with Gasteiger partial charge in [-0.1, -0.05) is 44.0 Å². The molecule has 0 aromatic carbocycles. The molecule has 0 aliphatic carbocycles. The number of hydrogen-bond donors (Lipinski definition) is 0. The summed E-state index contributed by atoms with van der Waals surface area (Å²) >= 11 is 6.49. The Morgan fingerprint density at radius 2 is 1.67 bits per heavy atom. The average molecular weight is 214 g/mol. The molecule has 0 atom stereocenters. The SMILES string of the molecule is C=C(CBr)CBr. The Kier molecular flexibility index (Phi) is 4.33. The van der Waals surface area contributed by atoms with Crippen molar-refractivity contribution in [3.63, 3.8) is 0 Å². The first-order valence-corrected chi connectivity index (χ1v) is 3.84. The van der Waals surface area contributed by atoms with Crippen LogP contribution in [0.1, 0.15) is 0 Å². The second kappa shape index (κ2) is 3.88. The minimum Gasteiger partial charge on any atom is -0.0982 e. The highest BCUT2D eigenvalue weighted by molar-refractivity contribution is 9.10. The molecule has 0 aromatic rings. The third-order valence-corrected chi connectivity index (χ3v) is 1.96. The molecule has 0 aliphatic heterocycles. The molecule has 2 heteroatoms. The van der Waals surface area contributed by atoms with E-state index in [4.69, 9.17) is 0 Å². The minimum atomic E-state index is 0.901. The zero-order valence-electron chi connectivity index (χ0n) is 3.38. The summed E-state index contributed by atoms with van der Waals surface area (Å²) in [6, 6.07) is 0. The molecule has 36 valence electrons. The van der Waals surface area contributed by atoms with Gasteiger partial charge in [-0.2, -0.15) is 0 Å². The molecule has 0 saturated heterocycles. The monoisotopic (exact) mass is 212 g/mol. The molecule has 6 heavy (non-hydrogen) atoms. The van der Waals surface area contributed by atoms with Gasteiger partial charge >= 0.3 is 0 Å². The highest BCUT2D eigenvalue weighted by Gasteiger charge is 1.81.